The zero-order valence-electron chi connectivity index (χ0n) is 74.0. The number of amides is 7. The minimum atomic E-state index is -2.12. The van der Waals surface area contributed by atoms with E-state index < -0.39 is 175 Å². The Hall–Kier alpha value is -7.80. The second-order valence-electron chi connectivity index (χ2n) is 32.2. The molecule has 40 heteroatoms. The fraction of sp³-hybridized carbons (Fsp3) is 0.614. The Bertz CT molecular complexity index is 4500. The Morgan fingerprint density at radius 2 is 1.52 bits per heavy atom. The van der Waals surface area contributed by atoms with Crippen molar-refractivity contribution in [2.45, 2.75) is 266 Å². The van der Waals surface area contributed by atoms with Gasteiger partial charge in [-0.25, -0.2) is 9.59 Å². The number of rotatable bonds is 42. The molecule has 704 valence electrons. The van der Waals surface area contributed by atoms with Gasteiger partial charge in [-0.1, -0.05) is 109 Å². The summed E-state index contributed by atoms with van der Waals surface area (Å²) in [5, 5.41) is 66.3. The van der Waals surface area contributed by atoms with Crippen molar-refractivity contribution < 1.29 is 140 Å². The molecular weight excluding hydrogens is 1840 g/mol. The number of esters is 1. The van der Waals surface area contributed by atoms with E-state index >= 15 is 0 Å². The summed E-state index contributed by atoms with van der Waals surface area (Å²) < 4.78 is 79.8. The number of ether oxygens (including phenoxy) is 13. The van der Waals surface area contributed by atoms with Crippen molar-refractivity contribution in [3.63, 3.8) is 0 Å². The quantitative estimate of drug-likeness (QED) is 0.00671. The monoisotopic (exact) mass is 1960 g/mol. The predicted molar refractivity (Wildman–Crippen MR) is 477 cm³/mol. The maximum absolute atomic E-state index is 14.7. The summed E-state index contributed by atoms with van der Waals surface area (Å²) in [5.41, 5.74) is 7.49. The van der Waals surface area contributed by atoms with Gasteiger partial charge in [0.1, 0.15) is 43.2 Å². The number of likely N-dealkylation sites (N-methyl/N-ethyl adjacent to an activating group) is 1. The number of allylic oxidation sites excluding steroid dienone is 2. The lowest BCUT2D eigenvalue weighted by Crippen LogP contribution is -2.65. The number of aliphatic hydroxyl groups excluding tert-OH is 4. The van der Waals surface area contributed by atoms with Crippen LogP contribution in [0.4, 0.5) is 15.3 Å². The molecule has 36 nitrogen and oxygen atoms in total. The number of urea groups is 1. The van der Waals surface area contributed by atoms with Gasteiger partial charge in [0.15, 0.2) is 47.5 Å². The number of nitrogens with one attached hydrogen (secondary N) is 4. The Labute approximate surface area is 770 Å². The van der Waals surface area contributed by atoms with Gasteiger partial charge in [0.25, 0.3) is 11.8 Å². The Morgan fingerprint density at radius 1 is 0.812 bits per heavy atom. The molecule has 2 aromatic carbocycles. The smallest absolute Gasteiger partial charge is 0.410 e. The molecule has 0 unspecified atom stereocenters. The zero-order chi connectivity index (χ0) is 93.5. The molecular formula is C88H118IN7O29S3. The third kappa shape index (κ3) is 27.0. The van der Waals surface area contributed by atoms with E-state index in [1.807, 2.05) is 36.4 Å². The number of aliphatic hydroxyl groups is 5. The number of hydrogen-bond donors (Lipinski definition) is 10. The fourth-order valence-electron chi connectivity index (χ4n) is 15.8. The predicted octanol–water partition coefficient (Wildman–Crippen LogP) is 6.21. The molecule has 2 aromatic rings. The maximum Gasteiger partial charge on any atom is 0.410 e. The van der Waals surface area contributed by atoms with Crippen LogP contribution in [0.15, 0.2) is 71.4 Å². The Balaban J connectivity index is 0.895. The first-order valence-electron chi connectivity index (χ1n) is 42.4. The molecule has 128 heavy (non-hydrogen) atoms. The highest BCUT2D eigenvalue weighted by Crippen LogP contribution is 2.50. The van der Waals surface area contributed by atoms with Crippen LogP contribution in [0.3, 0.4) is 0 Å². The largest absolute Gasteiger partial charge is 0.492 e. The third-order valence-corrected chi connectivity index (χ3v) is 28.1. The van der Waals surface area contributed by atoms with Crippen LogP contribution < -0.4 is 41.4 Å². The molecule has 7 aliphatic rings. The van der Waals surface area contributed by atoms with Crippen molar-refractivity contribution in [3.8, 4) is 40.9 Å². The van der Waals surface area contributed by atoms with Crippen LogP contribution in [0, 0.1) is 46.0 Å². The van der Waals surface area contributed by atoms with Crippen molar-refractivity contribution in [3.05, 3.63) is 91.6 Å². The van der Waals surface area contributed by atoms with Crippen LogP contribution in [0.1, 0.15) is 148 Å². The van der Waals surface area contributed by atoms with Crippen molar-refractivity contribution in [2.75, 3.05) is 72.9 Å². The van der Waals surface area contributed by atoms with E-state index in [-0.39, 0.29) is 151 Å². The van der Waals surface area contributed by atoms with Crippen LogP contribution in [0.2, 0.25) is 0 Å². The number of methoxy groups -OCH3 is 5. The number of Topliss-reactive ketones (excluding diaryl/α,β-unsaturated/α-hetero) is 2. The second-order valence-corrected chi connectivity index (χ2v) is 37.4. The van der Waals surface area contributed by atoms with Gasteiger partial charge in [-0.15, -0.1) is 0 Å². The minimum Gasteiger partial charge on any atom is -0.492 e. The average molecular weight is 1960 g/mol. The molecule has 21 atom stereocenters. The Morgan fingerprint density at radius 3 is 2.16 bits per heavy atom. The van der Waals surface area contributed by atoms with Crippen LogP contribution >= 0.6 is 55.9 Å². The summed E-state index contributed by atoms with van der Waals surface area (Å²) in [4.78, 5) is 142. The first kappa shape index (κ1) is 104. The van der Waals surface area contributed by atoms with Crippen molar-refractivity contribution in [2.24, 2.45) is 17.6 Å². The number of carbonyl (C=O) groups excluding carboxylic acids is 10. The number of ketones is 2. The van der Waals surface area contributed by atoms with Crippen molar-refractivity contribution in [1.82, 2.24) is 25.9 Å². The van der Waals surface area contributed by atoms with E-state index in [1.54, 1.807) is 89.6 Å². The number of anilines is 1. The average Bonchev–Trinajstić information content (AvgIpc) is 0.795. The lowest BCUT2D eigenvalue weighted by atomic mass is 9.72. The van der Waals surface area contributed by atoms with Gasteiger partial charge in [-0.05, 0) is 124 Å². The first-order valence-corrected chi connectivity index (χ1v) is 46.7. The van der Waals surface area contributed by atoms with Crippen LogP contribution in [-0.2, 0) is 92.4 Å². The number of hydrogen-bond acceptors (Lipinski definition) is 33. The molecule has 0 saturated carbocycles. The summed E-state index contributed by atoms with van der Waals surface area (Å²) in [6, 6.07) is 2.73. The number of nitrogens with two attached hydrogens (primary N) is 1. The number of fused-ring (bicyclic) bond motifs is 2. The lowest BCUT2D eigenvalue weighted by Gasteiger charge is -2.47. The van der Waals surface area contributed by atoms with E-state index in [1.165, 1.54) is 75.5 Å². The first-order chi connectivity index (χ1) is 61.0. The number of nitrogens with zero attached hydrogens (tertiary/aromatic N) is 2. The van der Waals surface area contributed by atoms with E-state index in [0.29, 0.717) is 39.6 Å². The van der Waals surface area contributed by atoms with Gasteiger partial charge >= 0.3 is 18.1 Å². The Kier molecular flexibility index (Phi) is 39.8. The van der Waals surface area contributed by atoms with Gasteiger partial charge in [-0.3, -0.25) is 48.1 Å². The summed E-state index contributed by atoms with van der Waals surface area (Å²) in [6.07, 6.45) is -12.4. The summed E-state index contributed by atoms with van der Waals surface area (Å²) in [5.74, 6) is 7.23. The van der Waals surface area contributed by atoms with Crippen molar-refractivity contribution in [1.29, 1.82) is 0 Å². The number of benzene rings is 2. The van der Waals surface area contributed by atoms with Crippen LogP contribution in [0.25, 0.3) is 0 Å². The number of imide groups is 1. The zero-order valence-corrected chi connectivity index (χ0v) is 78.6. The number of unbranched alkanes of at least 4 members (excludes halogenated alkanes) is 2. The third-order valence-electron chi connectivity index (χ3n) is 22.6. The molecule has 7 amide bonds. The standard InChI is InChI=1S/C88H118IN7O29S3/c1-15-95(87(110)118-43-51-27-29-53(30-28-51)92-82(107)52(24-23-35-91-86(90)109)38-57(97)71(45(2)3)93-62(100)26-20-18-22-36-96-63(101)31-32-64(96)102)56-44-117-66(41-61(56)112-10)123-79-74(105)72(48(7)120-85(79)122-60-25-19-16-17-21-34-88(111)42-59(99)54(39-65(103)113-11)69(60)55(88)33-37-126-128-46(4)5)94-125-67-40-58(98)81(50(9)119-67)127-83(108)68-47(6)70(89)77(80(116-14)76(68)114-12)124-84-75(106)78(115-13)73(104)49(8)121-84/h16-17,27-33,45-46,48-50,52,56,58,60-61,66-67,71-75,78-79,81,84-85,94,98,104-106,111H,15,18,20,22-24,26,35-44H2,1-14H3,(H,92,107)(H,93,100)(H3,90,91,109)/b17-16-,55-33+/t48-,49+,50-,52-,56+,58+,60+,61+,66+,67+,71+,72-,73+,74+,75-,78-,79-,81-,84+,85+,88+/m1/s1. The van der Waals surface area contributed by atoms with Gasteiger partial charge in [0.2, 0.25) is 29.0 Å². The van der Waals surface area contributed by atoms with Gasteiger partial charge in [-0.2, -0.15) is 5.48 Å². The highest BCUT2D eigenvalue weighted by Gasteiger charge is 2.53. The number of hydroxylamine groups is 1. The molecule has 2 aliphatic carbocycles. The molecule has 0 aromatic heterocycles. The molecule has 4 saturated heterocycles. The van der Waals surface area contributed by atoms with Gasteiger partial charge in [0.05, 0.1) is 104 Å². The normalized spacial score (nSPS) is 28.5. The number of halogens is 1. The fourth-order valence-corrected chi connectivity index (χ4v) is 19.4. The summed E-state index contributed by atoms with van der Waals surface area (Å²) in [7, 11) is 9.65. The molecule has 11 N–H and O–H groups in total. The SMILES string of the molecule is CCN(C(=O)OCc1ccc(NC(=O)[C@H](CCCNC(N)=O)CC(=O)[C@@H](NC(=O)CCCCCN2C(=O)C=CC2=O)C(C)C)cc1)[C@H]1CO[C@@H](O[C@H]2[C@H](O[C@H]3C#C/C=C\C#C[C@]4(O)CC(=O)C(CC(=O)OC)=C3/C4=C\CSSC(C)C)O[C@H](C)[C@@H](NO[C@H]3C[C@H](O)[C@H](SC(=O)c4c(C)c(I)c(O[C@@H]5O[C@@H](C)[C@H](O)[C@@H](OC)[C@H]5O)c(OC)c4OC)[C@@H](C)O3)[C@@H]2O)C[C@@H]1OC. The van der Waals surface area contributed by atoms with Crippen LogP contribution in [0.5, 0.6) is 17.2 Å². The van der Waals surface area contributed by atoms with E-state index in [0.717, 1.165) is 16.7 Å². The molecule has 4 fully saturated rings. The maximum atomic E-state index is 14.7. The minimum absolute atomic E-state index is 0.00587. The van der Waals surface area contributed by atoms with Crippen molar-refractivity contribution >= 4 is 120 Å². The topological polar surface area (TPSA) is 482 Å². The number of carbonyl (C=O) groups is 10. The van der Waals surface area contributed by atoms with E-state index in [9.17, 15) is 73.5 Å². The lowest BCUT2D eigenvalue weighted by molar-refractivity contribution is -0.337. The molecule has 2 bridgehead atoms. The number of thioether (sulfide) groups is 1. The van der Waals surface area contributed by atoms with E-state index in [4.69, 9.17) is 72.2 Å². The number of primary amides is 1. The molecule has 0 radical (unpaired) electrons. The molecule has 5 aliphatic heterocycles. The highest BCUT2D eigenvalue weighted by atomic mass is 127. The summed E-state index contributed by atoms with van der Waals surface area (Å²) >= 11 is 2.76. The van der Waals surface area contributed by atoms with Gasteiger partial charge < -0.3 is 114 Å². The molecule has 0 spiro atoms. The van der Waals surface area contributed by atoms with E-state index in [2.05, 4.69) is 45.1 Å². The molecule has 9 rings (SSSR count). The van der Waals surface area contributed by atoms with Crippen LogP contribution in [-0.4, -0.2) is 288 Å². The molecule has 5 heterocycles. The second kappa shape index (κ2) is 49.1. The summed E-state index contributed by atoms with van der Waals surface area (Å²) in [6.45, 7) is 15.8. The highest BCUT2D eigenvalue weighted by molar-refractivity contribution is 14.1. The van der Waals surface area contributed by atoms with Gasteiger partial charge in [0, 0.05) is 111 Å².